The summed E-state index contributed by atoms with van der Waals surface area (Å²) in [5.74, 6) is -2.93. The highest BCUT2D eigenvalue weighted by molar-refractivity contribution is 6.22. The van der Waals surface area contributed by atoms with Gasteiger partial charge in [0.15, 0.2) is 6.61 Å². The summed E-state index contributed by atoms with van der Waals surface area (Å²) in [6.45, 7) is -2.31. The van der Waals surface area contributed by atoms with E-state index in [2.05, 4.69) is 10.1 Å². The molecule has 156 valence electrons. The van der Waals surface area contributed by atoms with Gasteiger partial charge in [-0.15, -0.1) is 0 Å². The summed E-state index contributed by atoms with van der Waals surface area (Å²) in [6, 6.07) is 10.1. The molecule has 1 heterocycles. The molecule has 3 amide bonds. The van der Waals surface area contributed by atoms with Crippen molar-refractivity contribution in [2.75, 3.05) is 11.9 Å². The van der Waals surface area contributed by atoms with Crippen LogP contribution in [0.5, 0.6) is 5.75 Å². The van der Waals surface area contributed by atoms with Gasteiger partial charge < -0.3 is 14.8 Å². The molecule has 0 bridgehead atoms. The number of anilines is 1. The molecule has 8 nitrogen and oxygen atoms in total. The Bertz CT molecular complexity index is 958. The molecule has 0 spiro atoms. The molecule has 0 saturated heterocycles. The molecule has 2 aromatic rings. The summed E-state index contributed by atoms with van der Waals surface area (Å²) in [5.41, 5.74) is 0.657. The molecular formula is C20H16F2N2O6. The Kier molecular flexibility index (Phi) is 6.05. The number of nitrogens with one attached hydrogen (secondary N) is 1. The number of imide groups is 1. The van der Waals surface area contributed by atoms with Crippen molar-refractivity contribution < 1.29 is 37.4 Å². The van der Waals surface area contributed by atoms with Crippen LogP contribution < -0.4 is 10.1 Å². The highest BCUT2D eigenvalue weighted by Gasteiger charge is 2.41. The molecule has 1 atom stereocenters. The lowest BCUT2D eigenvalue weighted by Gasteiger charge is -2.20. The molecule has 1 N–H and O–H groups in total. The van der Waals surface area contributed by atoms with Crippen molar-refractivity contribution in [1.29, 1.82) is 0 Å². The number of nitrogens with zero attached hydrogens (tertiary/aromatic N) is 1. The van der Waals surface area contributed by atoms with Gasteiger partial charge in [0.1, 0.15) is 11.8 Å². The maximum absolute atomic E-state index is 12.4. The zero-order valence-corrected chi connectivity index (χ0v) is 15.6. The van der Waals surface area contributed by atoms with E-state index in [1.54, 1.807) is 12.1 Å². The largest absolute Gasteiger partial charge is 0.454 e. The second kappa shape index (κ2) is 8.68. The van der Waals surface area contributed by atoms with E-state index in [0.29, 0.717) is 0 Å². The Morgan fingerprint density at radius 2 is 1.57 bits per heavy atom. The van der Waals surface area contributed by atoms with Gasteiger partial charge in [0.25, 0.3) is 17.7 Å². The zero-order chi connectivity index (χ0) is 21.8. The van der Waals surface area contributed by atoms with E-state index >= 15 is 0 Å². The number of ether oxygens (including phenoxy) is 2. The standard InChI is InChI=1S/C20H16F2N2O6/c1-11(24-17(26)14-4-2-3-5-15(14)18(24)27)19(28)29-10-16(25)23-12-6-8-13(9-7-12)30-20(21)22/h2-9,11,20H,10H2,1H3,(H,23,25). The molecule has 10 heteroatoms. The number of amides is 3. The number of carbonyl (C=O) groups is 4. The van der Waals surface area contributed by atoms with Crippen LogP contribution in [0.15, 0.2) is 48.5 Å². The van der Waals surface area contributed by atoms with Gasteiger partial charge in [0.05, 0.1) is 11.1 Å². The second-order valence-corrected chi connectivity index (χ2v) is 6.26. The van der Waals surface area contributed by atoms with E-state index in [1.165, 1.54) is 43.3 Å². The average molecular weight is 418 g/mol. The third-order valence-electron chi connectivity index (χ3n) is 4.26. The van der Waals surface area contributed by atoms with Gasteiger partial charge >= 0.3 is 12.6 Å². The minimum atomic E-state index is -2.96. The highest BCUT2D eigenvalue weighted by Crippen LogP contribution is 2.24. The van der Waals surface area contributed by atoms with E-state index in [9.17, 15) is 28.0 Å². The van der Waals surface area contributed by atoms with Gasteiger partial charge in [0, 0.05) is 5.69 Å². The lowest BCUT2D eigenvalue weighted by Crippen LogP contribution is -2.44. The summed E-state index contributed by atoms with van der Waals surface area (Å²) >= 11 is 0. The lowest BCUT2D eigenvalue weighted by molar-refractivity contribution is -0.150. The van der Waals surface area contributed by atoms with Gasteiger partial charge in [-0.3, -0.25) is 19.3 Å². The Morgan fingerprint density at radius 3 is 2.10 bits per heavy atom. The van der Waals surface area contributed by atoms with Gasteiger partial charge in [-0.25, -0.2) is 4.79 Å². The Hall–Kier alpha value is -3.82. The molecular weight excluding hydrogens is 402 g/mol. The third-order valence-corrected chi connectivity index (χ3v) is 4.26. The topological polar surface area (TPSA) is 102 Å². The average Bonchev–Trinajstić information content (AvgIpc) is 2.97. The fraction of sp³-hybridized carbons (Fsp3) is 0.200. The predicted octanol–water partition coefficient (Wildman–Crippen LogP) is 2.45. The number of alkyl halides is 2. The van der Waals surface area contributed by atoms with Crippen molar-refractivity contribution in [1.82, 2.24) is 4.90 Å². The number of benzene rings is 2. The number of esters is 1. The molecule has 1 aliphatic heterocycles. The summed E-state index contributed by atoms with van der Waals surface area (Å²) in [4.78, 5) is 49.7. The van der Waals surface area contributed by atoms with E-state index in [1.807, 2.05) is 0 Å². The van der Waals surface area contributed by atoms with E-state index < -0.39 is 43.0 Å². The van der Waals surface area contributed by atoms with E-state index in [4.69, 9.17) is 4.74 Å². The molecule has 1 unspecified atom stereocenters. The first-order chi connectivity index (χ1) is 14.3. The number of fused-ring (bicyclic) bond motifs is 1. The molecule has 0 radical (unpaired) electrons. The Morgan fingerprint density at radius 1 is 1.00 bits per heavy atom. The van der Waals surface area contributed by atoms with E-state index in [-0.39, 0.29) is 22.6 Å². The Labute approximate surface area is 169 Å². The van der Waals surface area contributed by atoms with Crippen LogP contribution in [0.1, 0.15) is 27.6 Å². The van der Waals surface area contributed by atoms with Crippen LogP contribution in [0, 0.1) is 0 Å². The second-order valence-electron chi connectivity index (χ2n) is 6.26. The number of hydrogen-bond acceptors (Lipinski definition) is 6. The third kappa shape index (κ3) is 4.43. The summed E-state index contributed by atoms with van der Waals surface area (Å²) < 4.78 is 33.3. The molecule has 30 heavy (non-hydrogen) atoms. The normalized spacial score (nSPS) is 13.8. The van der Waals surface area contributed by atoms with Crippen LogP contribution in [0.25, 0.3) is 0 Å². The number of rotatable bonds is 7. The molecule has 2 aromatic carbocycles. The maximum atomic E-state index is 12.4. The van der Waals surface area contributed by atoms with Crippen LogP contribution in [0.3, 0.4) is 0 Å². The zero-order valence-electron chi connectivity index (χ0n) is 15.6. The minimum Gasteiger partial charge on any atom is -0.454 e. The molecule has 1 aliphatic rings. The molecule has 3 rings (SSSR count). The van der Waals surface area contributed by atoms with Crippen LogP contribution in [-0.4, -0.2) is 47.9 Å². The Balaban J connectivity index is 1.53. The molecule has 0 fully saturated rings. The molecule has 0 saturated carbocycles. The molecule has 0 aromatic heterocycles. The van der Waals surface area contributed by atoms with E-state index in [0.717, 1.165) is 4.90 Å². The van der Waals surface area contributed by atoms with Crippen LogP contribution in [-0.2, 0) is 14.3 Å². The smallest absolute Gasteiger partial charge is 0.387 e. The number of carbonyl (C=O) groups excluding carboxylic acids is 4. The van der Waals surface area contributed by atoms with Crippen LogP contribution in [0.2, 0.25) is 0 Å². The quantitative estimate of drug-likeness (QED) is 0.548. The van der Waals surface area contributed by atoms with Gasteiger partial charge in [-0.1, -0.05) is 12.1 Å². The van der Waals surface area contributed by atoms with Gasteiger partial charge in [-0.05, 0) is 43.3 Å². The minimum absolute atomic E-state index is 0.0794. The first-order valence-electron chi connectivity index (χ1n) is 8.76. The summed E-state index contributed by atoms with van der Waals surface area (Å²) in [5, 5.41) is 2.41. The first-order valence-corrected chi connectivity index (χ1v) is 8.76. The van der Waals surface area contributed by atoms with Gasteiger partial charge in [0.2, 0.25) is 0 Å². The monoisotopic (exact) mass is 418 g/mol. The van der Waals surface area contributed by atoms with Crippen molar-refractivity contribution in [2.24, 2.45) is 0 Å². The van der Waals surface area contributed by atoms with Crippen LogP contribution in [0.4, 0.5) is 14.5 Å². The SMILES string of the molecule is CC(C(=O)OCC(=O)Nc1ccc(OC(F)F)cc1)N1C(=O)c2ccccc2C1=O. The molecule has 0 aliphatic carbocycles. The van der Waals surface area contributed by atoms with Crippen molar-refractivity contribution in [2.45, 2.75) is 19.6 Å². The maximum Gasteiger partial charge on any atom is 0.387 e. The first kappa shape index (κ1) is 20.9. The summed E-state index contributed by atoms with van der Waals surface area (Å²) in [6.07, 6.45) is 0. The predicted molar refractivity (Wildman–Crippen MR) is 99.1 cm³/mol. The van der Waals surface area contributed by atoms with Crippen LogP contribution >= 0.6 is 0 Å². The number of halogens is 2. The van der Waals surface area contributed by atoms with Crippen molar-refractivity contribution >= 4 is 29.4 Å². The van der Waals surface area contributed by atoms with Crippen molar-refractivity contribution in [3.8, 4) is 5.75 Å². The lowest BCUT2D eigenvalue weighted by atomic mass is 10.1. The van der Waals surface area contributed by atoms with Crippen molar-refractivity contribution in [3.05, 3.63) is 59.7 Å². The summed E-state index contributed by atoms with van der Waals surface area (Å²) in [7, 11) is 0. The van der Waals surface area contributed by atoms with Gasteiger partial charge in [-0.2, -0.15) is 8.78 Å². The van der Waals surface area contributed by atoms with Crippen molar-refractivity contribution in [3.63, 3.8) is 0 Å². The highest BCUT2D eigenvalue weighted by atomic mass is 19.3. The number of hydrogen-bond donors (Lipinski definition) is 1. The fourth-order valence-corrected chi connectivity index (χ4v) is 2.84. The fourth-order valence-electron chi connectivity index (χ4n) is 2.84.